The predicted octanol–water partition coefficient (Wildman–Crippen LogP) is 1.97. The van der Waals surface area contributed by atoms with Gasteiger partial charge in [0.05, 0.1) is 5.69 Å². The molecule has 0 aromatic carbocycles. The lowest BCUT2D eigenvalue weighted by molar-refractivity contribution is 0.127. The third-order valence-corrected chi connectivity index (χ3v) is 5.38. The Labute approximate surface area is 142 Å². The molecule has 2 aromatic rings. The quantitative estimate of drug-likeness (QED) is 0.866. The van der Waals surface area contributed by atoms with Crippen molar-refractivity contribution < 1.29 is 4.79 Å². The van der Waals surface area contributed by atoms with Crippen LogP contribution in [-0.2, 0) is 6.54 Å². The van der Waals surface area contributed by atoms with Crippen LogP contribution in [0.1, 0.15) is 24.2 Å². The predicted molar refractivity (Wildman–Crippen MR) is 93.0 cm³/mol. The summed E-state index contributed by atoms with van der Waals surface area (Å²) in [5.41, 5.74) is 3.35. The van der Waals surface area contributed by atoms with Crippen LogP contribution in [-0.4, -0.2) is 69.4 Å². The zero-order chi connectivity index (χ0) is 16.7. The van der Waals surface area contributed by atoms with E-state index in [1.807, 2.05) is 11.9 Å². The Hall–Kier alpha value is -2.08. The number of likely N-dealkylation sites (tertiary alicyclic amines) is 1. The average molecular weight is 327 g/mol. The summed E-state index contributed by atoms with van der Waals surface area (Å²) in [4.78, 5) is 23.2. The van der Waals surface area contributed by atoms with Crippen LogP contribution in [0.3, 0.4) is 0 Å². The molecule has 0 aliphatic carbocycles. The van der Waals surface area contributed by atoms with Crippen LogP contribution >= 0.6 is 0 Å². The van der Waals surface area contributed by atoms with E-state index in [-0.39, 0.29) is 6.03 Å². The van der Waals surface area contributed by atoms with Crippen LogP contribution in [0.5, 0.6) is 0 Å². The van der Waals surface area contributed by atoms with Crippen molar-refractivity contribution in [3.8, 4) is 0 Å². The number of amides is 2. The standard InChI is InChI=1S/C18H25N5O/c1-14-4-3-5-17-19-15(13-23(14)17)12-21-8-6-16(7-9-21)22-11-10-20(2)18(22)24/h3-5,13,16H,6-12H2,1-2H3. The van der Waals surface area contributed by atoms with Crippen LogP contribution in [0.15, 0.2) is 24.4 Å². The number of fused-ring (bicyclic) bond motifs is 1. The number of piperidine rings is 1. The van der Waals surface area contributed by atoms with Crippen molar-refractivity contribution in [3.63, 3.8) is 0 Å². The van der Waals surface area contributed by atoms with Gasteiger partial charge in [0, 0.05) is 57.7 Å². The van der Waals surface area contributed by atoms with Crippen molar-refractivity contribution in [2.45, 2.75) is 32.4 Å². The molecule has 0 bridgehead atoms. The minimum absolute atomic E-state index is 0.198. The smallest absolute Gasteiger partial charge is 0.320 e. The fourth-order valence-corrected chi connectivity index (χ4v) is 3.90. The monoisotopic (exact) mass is 327 g/mol. The molecule has 6 nitrogen and oxygen atoms in total. The molecule has 2 amide bonds. The number of aryl methyl sites for hydroxylation is 1. The molecule has 0 saturated carbocycles. The maximum Gasteiger partial charge on any atom is 0.320 e. The van der Waals surface area contributed by atoms with E-state index >= 15 is 0 Å². The number of imidazole rings is 1. The highest BCUT2D eigenvalue weighted by molar-refractivity contribution is 5.76. The number of hydrogen-bond acceptors (Lipinski definition) is 3. The summed E-state index contributed by atoms with van der Waals surface area (Å²) in [6.45, 7) is 6.80. The van der Waals surface area contributed by atoms with E-state index < -0.39 is 0 Å². The summed E-state index contributed by atoms with van der Waals surface area (Å²) in [5, 5.41) is 0. The SMILES string of the molecule is Cc1cccc2nc(CN3CCC(N4CCN(C)C4=O)CC3)cn12. The van der Waals surface area contributed by atoms with E-state index in [1.165, 1.54) is 5.69 Å². The van der Waals surface area contributed by atoms with Gasteiger partial charge >= 0.3 is 6.03 Å². The van der Waals surface area contributed by atoms with Crippen LogP contribution in [0.25, 0.3) is 5.65 Å². The zero-order valence-electron chi connectivity index (χ0n) is 14.5. The zero-order valence-corrected chi connectivity index (χ0v) is 14.5. The van der Waals surface area contributed by atoms with Gasteiger partial charge in [0.2, 0.25) is 0 Å². The van der Waals surface area contributed by atoms with Gasteiger partial charge < -0.3 is 14.2 Å². The van der Waals surface area contributed by atoms with Crippen molar-refractivity contribution in [1.29, 1.82) is 0 Å². The lowest BCUT2D eigenvalue weighted by atomic mass is 10.0. The van der Waals surface area contributed by atoms with E-state index in [2.05, 4.69) is 45.5 Å². The minimum Gasteiger partial charge on any atom is -0.326 e. The van der Waals surface area contributed by atoms with Crippen molar-refractivity contribution in [1.82, 2.24) is 24.1 Å². The van der Waals surface area contributed by atoms with Gasteiger partial charge in [-0.05, 0) is 31.9 Å². The molecule has 2 fully saturated rings. The molecule has 0 N–H and O–H groups in total. The van der Waals surface area contributed by atoms with Gasteiger partial charge in [-0.1, -0.05) is 6.07 Å². The summed E-state index contributed by atoms with van der Waals surface area (Å²) in [6, 6.07) is 6.81. The lowest BCUT2D eigenvalue weighted by Crippen LogP contribution is -2.46. The molecule has 2 saturated heterocycles. The summed E-state index contributed by atoms with van der Waals surface area (Å²) in [7, 11) is 1.89. The van der Waals surface area contributed by atoms with E-state index in [0.717, 1.165) is 56.9 Å². The second-order valence-corrected chi connectivity index (χ2v) is 7.03. The Morgan fingerprint density at radius 3 is 2.62 bits per heavy atom. The fourth-order valence-electron chi connectivity index (χ4n) is 3.90. The summed E-state index contributed by atoms with van der Waals surface area (Å²) < 4.78 is 2.15. The van der Waals surface area contributed by atoms with E-state index in [4.69, 9.17) is 4.98 Å². The number of aromatic nitrogens is 2. The summed E-state index contributed by atoms with van der Waals surface area (Å²) >= 11 is 0. The second-order valence-electron chi connectivity index (χ2n) is 7.03. The van der Waals surface area contributed by atoms with E-state index in [1.54, 1.807) is 0 Å². The van der Waals surface area contributed by atoms with Crippen LogP contribution in [0, 0.1) is 6.92 Å². The molecular formula is C18H25N5O. The Morgan fingerprint density at radius 1 is 1.17 bits per heavy atom. The van der Waals surface area contributed by atoms with Crippen molar-refractivity contribution in [3.05, 3.63) is 35.8 Å². The van der Waals surface area contributed by atoms with Crippen molar-refractivity contribution >= 4 is 11.7 Å². The number of rotatable bonds is 3. The molecular weight excluding hydrogens is 302 g/mol. The third kappa shape index (κ3) is 2.75. The van der Waals surface area contributed by atoms with E-state index in [0.29, 0.717) is 6.04 Å². The van der Waals surface area contributed by atoms with Crippen molar-refractivity contribution in [2.24, 2.45) is 0 Å². The number of carbonyl (C=O) groups is 1. The Balaban J connectivity index is 1.37. The van der Waals surface area contributed by atoms with Gasteiger partial charge in [0.15, 0.2) is 0 Å². The highest BCUT2D eigenvalue weighted by Crippen LogP contribution is 2.22. The largest absolute Gasteiger partial charge is 0.326 e. The maximum absolute atomic E-state index is 12.1. The first-order chi connectivity index (χ1) is 11.6. The van der Waals surface area contributed by atoms with Gasteiger partial charge in [0.1, 0.15) is 5.65 Å². The Bertz CT molecular complexity index is 747. The van der Waals surface area contributed by atoms with E-state index in [9.17, 15) is 4.79 Å². The molecule has 4 heterocycles. The number of nitrogens with zero attached hydrogens (tertiary/aromatic N) is 5. The molecule has 6 heteroatoms. The topological polar surface area (TPSA) is 44.1 Å². The van der Waals surface area contributed by atoms with Gasteiger partial charge in [-0.25, -0.2) is 9.78 Å². The maximum atomic E-state index is 12.1. The fraction of sp³-hybridized carbons (Fsp3) is 0.556. The van der Waals surface area contributed by atoms with Crippen molar-refractivity contribution in [2.75, 3.05) is 33.2 Å². The molecule has 2 aromatic heterocycles. The number of carbonyl (C=O) groups excluding carboxylic acids is 1. The Morgan fingerprint density at radius 2 is 1.96 bits per heavy atom. The highest BCUT2D eigenvalue weighted by atomic mass is 16.2. The first-order valence-electron chi connectivity index (χ1n) is 8.79. The van der Waals surface area contributed by atoms with Crippen LogP contribution in [0.4, 0.5) is 4.79 Å². The first kappa shape index (κ1) is 15.4. The third-order valence-electron chi connectivity index (χ3n) is 5.38. The first-order valence-corrected chi connectivity index (χ1v) is 8.79. The van der Waals surface area contributed by atoms with Crippen LogP contribution < -0.4 is 0 Å². The highest BCUT2D eigenvalue weighted by Gasteiger charge is 2.33. The molecule has 0 spiro atoms. The molecule has 24 heavy (non-hydrogen) atoms. The molecule has 0 atom stereocenters. The minimum atomic E-state index is 0.198. The lowest BCUT2D eigenvalue weighted by Gasteiger charge is -2.36. The molecule has 2 aliphatic rings. The van der Waals surface area contributed by atoms with Gasteiger partial charge in [-0.15, -0.1) is 0 Å². The number of likely N-dealkylation sites (N-methyl/N-ethyl adjacent to an activating group) is 1. The van der Waals surface area contributed by atoms with Gasteiger partial charge in [0.25, 0.3) is 0 Å². The molecule has 2 aliphatic heterocycles. The molecule has 128 valence electrons. The van der Waals surface area contributed by atoms with Gasteiger partial charge in [-0.2, -0.15) is 0 Å². The summed E-state index contributed by atoms with van der Waals surface area (Å²) in [6.07, 6.45) is 4.27. The number of hydrogen-bond donors (Lipinski definition) is 0. The van der Waals surface area contributed by atoms with Crippen LogP contribution in [0.2, 0.25) is 0 Å². The average Bonchev–Trinajstić information content (AvgIpc) is 3.13. The second kappa shape index (κ2) is 6.09. The molecule has 0 unspecified atom stereocenters. The molecule has 0 radical (unpaired) electrons. The van der Waals surface area contributed by atoms with Gasteiger partial charge in [-0.3, -0.25) is 4.90 Å². The number of pyridine rings is 1. The molecule has 4 rings (SSSR count). The number of urea groups is 1. The normalized spacial score (nSPS) is 20.5. The Kier molecular flexibility index (Phi) is 3.92. The summed E-state index contributed by atoms with van der Waals surface area (Å²) in [5.74, 6) is 0.